The van der Waals surface area contributed by atoms with Gasteiger partial charge in [0.05, 0.1) is 6.26 Å². The molecular formula is C6H6GaO3. The van der Waals surface area contributed by atoms with Gasteiger partial charge in [-0.05, 0) is 6.92 Å². The topological polar surface area (TPSA) is 50.4 Å². The molecule has 4 heteroatoms. The van der Waals surface area contributed by atoms with Gasteiger partial charge in [-0.1, -0.05) is 0 Å². The van der Waals surface area contributed by atoms with Crippen molar-refractivity contribution >= 4 is 19.8 Å². The van der Waals surface area contributed by atoms with E-state index >= 15 is 0 Å². The molecule has 0 saturated carbocycles. The average Bonchev–Trinajstić information content (AvgIpc) is 1.83. The maximum atomic E-state index is 10.5. The normalized spacial score (nSPS) is 8.50. The van der Waals surface area contributed by atoms with Crippen LogP contribution >= 0.6 is 0 Å². The molecule has 3 radical (unpaired) electrons. The summed E-state index contributed by atoms with van der Waals surface area (Å²) in [4.78, 5) is 10.5. The standard InChI is InChI=1S/C6H6O3.Ga/c1-4-6(8)5(7)2-3-9-4;/h2-3,8H,1H3;. The molecule has 0 fully saturated rings. The predicted octanol–water partition coefficient (Wildman–Crippen LogP) is 0.273. The van der Waals surface area contributed by atoms with Crippen LogP contribution in [0.15, 0.2) is 21.5 Å². The fraction of sp³-hybridized carbons (Fsp3) is 0.167. The van der Waals surface area contributed by atoms with E-state index in [1.54, 1.807) is 0 Å². The Kier molecular flexibility index (Phi) is 3.31. The first kappa shape index (κ1) is 9.39. The van der Waals surface area contributed by atoms with Crippen LogP contribution in [0.3, 0.4) is 0 Å². The molecule has 0 saturated heterocycles. The molecule has 0 atom stereocenters. The minimum absolute atomic E-state index is 0. The van der Waals surface area contributed by atoms with Gasteiger partial charge in [-0.15, -0.1) is 0 Å². The molecule has 0 aromatic carbocycles. The summed E-state index contributed by atoms with van der Waals surface area (Å²) in [6.45, 7) is 1.52. The zero-order valence-corrected chi connectivity index (χ0v) is 7.92. The van der Waals surface area contributed by atoms with Gasteiger partial charge in [0.1, 0.15) is 5.76 Å². The molecule has 0 unspecified atom stereocenters. The Hall–Kier alpha value is -0.614. The van der Waals surface area contributed by atoms with Crippen molar-refractivity contribution in [1.82, 2.24) is 0 Å². The van der Waals surface area contributed by atoms with Crippen LogP contribution in [0.4, 0.5) is 0 Å². The molecule has 1 heterocycles. The predicted molar refractivity (Wildman–Crippen MR) is 37.1 cm³/mol. The summed E-state index contributed by atoms with van der Waals surface area (Å²) in [5.74, 6) is -0.0556. The largest absolute Gasteiger partial charge is 0.502 e. The van der Waals surface area contributed by atoms with Crippen molar-refractivity contribution in [1.29, 1.82) is 0 Å². The summed E-state index contributed by atoms with van der Waals surface area (Å²) in [5, 5.41) is 8.80. The number of rotatable bonds is 0. The quantitative estimate of drug-likeness (QED) is 0.605. The van der Waals surface area contributed by atoms with Crippen molar-refractivity contribution in [2.75, 3.05) is 0 Å². The molecular weight excluding hydrogens is 190 g/mol. The Balaban J connectivity index is 0.000000810. The van der Waals surface area contributed by atoms with Crippen molar-refractivity contribution in [2.45, 2.75) is 6.92 Å². The first-order chi connectivity index (χ1) is 4.22. The van der Waals surface area contributed by atoms with Gasteiger partial charge in [0.2, 0.25) is 11.2 Å². The molecule has 0 aliphatic heterocycles. The Labute approximate surface area is 70.7 Å². The average molecular weight is 196 g/mol. The molecule has 0 bridgehead atoms. The van der Waals surface area contributed by atoms with Crippen LogP contribution in [-0.4, -0.2) is 24.9 Å². The first-order valence-corrected chi connectivity index (χ1v) is 2.49. The number of aryl methyl sites for hydroxylation is 1. The van der Waals surface area contributed by atoms with E-state index in [9.17, 15) is 4.79 Å². The minimum Gasteiger partial charge on any atom is -0.502 e. The zero-order valence-electron chi connectivity index (χ0n) is 5.50. The molecule has 51 valence electrons. The Morgan fingerprint density at radius 3 is 2.60 bits per heavy atom. The van der Waals surface area contributed by atoms with E-state index in [1.807, 2.05) is 0 Å². The van der Waals surface area contributed by atoms with E-state index in [1.165, 1.54) is 19.3 Å². The summed E-state index contributed by atoms with van der Waals surface area (Å²) in [5.41, 5.74) is -0.404. The Bertz CT molecular complexity index is 266. The van der Waals surface area contributed by atoms with Crippen LogP contribution in [0.5, 0.6) is 5.75 Å². The Morgan fingerprint density at radius 2 is 2.20 bits per heavy atom. The third-order valence-electron chi connectivity index (χ3n) is 1.03. The molecule has 3 nitrogen and oxygen atoms in total. The summed E-state index contributed by atoms with van der Waals surface area (Å²) < 4.78 is 4.69. The molecule has 1 N–H and O–H groups in total. The smallest absolute Gasteiger partial charge is 0.226 e. The third-order valence-corrected chi connectivity index (χ3v) is 1.03. The fourth-order valence-electron chi connectivity index (χ4n) is 0.506. The van der Waals surface area contributed by atoms with Crippen LogP contribution in [0, 0.1) is 6.92 Å². The summed E-state index contributed by atoms with van der Waals surface area (Å²) in [6.07, 6.45) is 1.25. The van der Waals surface area contributed by atoms with E-state index in [0.29, 0.717) is 0 Å². The van der Waals surface area contributed by atoms with E-state index < -0.39 is 5.43 Å². The van der Waals surface area contributed by atoms with Gasteiger partial charge in [0.25, 0.3) is 0 Å². The first-order valence-electron chi connectivity index (χ1n) is 2.49. The van der Waals surface area contributed by atoms with Crippen molar-refractivity contribution in [3.8, 4) is 5.75 Å². The second-order valence-electron chi connectivity index (χ2n) is 1.69. The second-order valence-corrected chi connectivity index (χ2v) is 1.69. The SMILES string of the molecule is Cc1occc(=O)c1O.[Ga]. The molecule has 0 spiro atoms. The molecule has 1 aromatic rings. The van der Waals surface area contributed by atoms with E-state index in [4.69, 9.17) is 5.11 Å². The minimum atomic E-state index is -0.404. The summed E-state index contributed by atoms with van der Waals surface area (Å²) in [6, 6.07) is 1.17. The van der Waals surface area contributed by atoms with Crippen LogP contribution in [-0.2, 0) is 0 Å². The number of hydrogen-bond acceptors (Lipinski definition) is 3. The van der Waals surface area contributed by atoms with E-state index in [-0.39, 0.29) is 31.3 Å². The molecule has 0 amide bonds. The van der Waals surface area contributed by atoms with Gasteiger partial charge in [-0.25, -0.2) is 0 Å². The number of aromatic hydroxyl groups is 1. The molecule has 1 aromatic heterocycles. The number of hydrogen-bond donors (Lipinski definition) is 1. The van der Waals surface area contributed by atoms with Crippen LogP contribution in [0.25, 0.3) is 0 Å². The van der Waals surface area contributed by atoms with Gasteiger partial charge in [-0.2, -0.15) is 0 Å². The molecule has 10 heavy (non-hydrogen) atoms. The monoisotopic (exact) mass is 195 g/mol. The van der Waals surface area contributed by atoms with Gasteiger partial charge < -0.3 is 9.52 Å². The van der Waals surface area contributed by atoms with Gasteiger partial charge in [0.15, 0.2) is 0 Å². The molecule has 0 aliphatic carbocycles. The van der Waals surface area contributed by atoms with Gasteiger partial charge >= 0.3 is 0 Å². The second kappa shape index (κ2) is 3.53. The summed E-state index contributed by atoms with van der Waals surface area (Å²) >= 11 is 0. The molecule has 1 rings (SSSR count). The van der Waals surface area contributed by atoms with Gasteiger partial charge in [0, 0.05) is 25.9 Å². The maximum absolute atomic E-state index is 10.5. The zero-order chi connectivity index (χ0) is 6.85. The van der Waals surface area contributed by atoms with E-state index in [2.05, 4.69) is 4.42 Å². The van der Waals surface area contributed by atoms with Gasteiger partial charge in [-0.3, -0.25) is 4.79 Å². The Morgan fingerprint density at radius 1 is 1.60 bits per heavy atom. The maximum Gasteiger partial charge on any atom is 0.226 e. The van der Waals surface area contributed by atoms with Crippen LogP contribution in [0.2, 0.25) is 0 Å². The van der Waals surface area contributed by atoms with Crippen LogP contribution < -0.4 is 5.43 Å². The van der Waals surface area contributed by atoms with Crippen LogP contribution in [0.1, 0.15) is 5.76 Å². The van der Waals surface area contributed by atoms with Crippen molar-refractivity contribution in [2.24, 2.45) is 0 Å². The summed E-state index contributed by atoms with van der Waals surface area (Å²) in [7, 11) is 0. The van der Waals surface area contributed by atoms with Crippen molar-refractivity contribution in [3.63, 3.8) is 0 Å². The third kappa shape index (κ3) is 1.68. The van der Waals surface area contributed by atoms with E-state index in [0.717, 1.165) is 0 Å². The van der Waals surface area contributed by atoms with Crippen molar-refractivity contribution in [3.05, 3.63) is 28.3 Å². The fourth-order valence-corrected chi connectivity index (χ4v) is 0.506. The van der Waals surface area contributed by atoms with Crippen molar-refractivity contribution < 1.29 is 9.52 Å². The molecule has 0 aliphatic rings.